The standard InChI is InChI=1S/C11H15N3O/c1-8-4-9-6-13-14(7-11(2,3)15)10(9)12-5-8/h4-6,15H,7H2,1-3H3. The summed E-state index contributed by atoms with van der Waals surface area (Å²) in [7, 11) is 0. The maximum atomic E-state index is 9.71. The molecule has 4 nitrogen and oxygen atoms in total. The first kappa shape index (κ1) is 10.1. The predicted molar refractivity (Wildman–Crippen MR) is 58.6 cm³/mol. The van der Waals surface area contributed by atoms with Crippen LogP contribution in [0.5, 0.6) is 0 Å². The molecule has 2 rings (SSSR count). The largest absolute Gasteiger partial charge is 0.389 e. The Morgan fingerprint density at radius 3 is 2.80 bits per heavy atom. The Morgan fingerprint density at radius 2 is 2.13 bits per heavy atom. The maximum absolute atomic E-state index is 9.71. The second-order valence-electron chi connectivity index (χ2n) is 4.54. The van der Waals surface area contributed by atoms with Gasteiger partial charge in [-0.25, -0.2) is 9.67 Å². The number of aromatic nitrogens is 3. The molecule has 0 spiro atoms. The molecule has 15 heavy (non-hydrogen) atoms. The van der Waals surface area contributed by atoms with Crippen molar-refractivity contribution in [2.24, 2.45) is 0 Å². The highest BCUT2D eigenvalue weighted by Gasteiger charge is 2.16. The summed E-state index contributed by atoms with van der Waals surface area (Å²) in [5.41, 5.74) is 1.17. The van der Waals surface area contributed by atoms with Gasteiger partial charge in [-0.15, -0.1) is 0 Å². The van der Waals surface area contributed by atoms with E-state index in [1.54, 1.807) is 24.7 Å². The lowest BCUT2D eigenvalue weighted by Crippen LogP contribution is -2.26. The van der Waals surface area contributed by atoms with Gasteiger partial charge in [0.05, 0.1) is 18.3 Å². The smallest absolute Gasteiger partial charge is 0.157 e. The second-order valence-corrected chi connectivity index (χ2v) is 4.54. The lowest BCUT2D eigenvalue weighted by molar-refractivity contribution is 0.0589. The molecular formula is C11H15N3O. The minimum Gasteiger partial charge on any atom is -0.389 e. The van der Waals surface area contributed by atoms with Crippen LogP contribution in [0.15, 0.2) is 18.5 Å². The highest BCUT2D eigenvalue weighted by atomic mass is 16.3. The molecule has 0 saturated heterocycles. The first-order valence-electron chi connectivity index (χ1n) is 4.96. The Morgan fingerprint density at radius 1 is 1.40 bits per heavy atom. The van der Waals surface area contributed by atoms with E-state index in [0.717, 1.165) is 16.6 Å². The average molecular weight is 205 g/mol. The van der Waals surface area contributed by atoms with Crippen molar-refractivity contribution in [1.82, 2.24) is 14.8 Å². The molecule has 0 bridgehead atoms. The molecule has 0 unspecified atom stereocenters. The van der Waals surface area contributed by atoms with Crippen molar-refractivity contribution in [3.8, 4) is 0 Å². The molecule has 0 fully saturated rings. The molecule has 0 amide bonds. The van der Waals surface area contributed by atoms with E-state index < -0.39 is 5.60 Å². The Hall–Kier alpha value is -1.42. The van der Waals surface area contributed by atoms with Gasteiger partial charge in [-0.05, 0) is 32.4 Å². The number of aliphatic hydroxyl groups is 1. The van der Waals surface area contributed by atoms with Crippen molar-refractivity contribution < 1.29 is 5.11 Å². The molecular weight excluding hydrogens is 190 g/mol. The average Bonchev–Trinajstić information content (AvgIpc) is 2.45. The fourth-order valence-electron chi connectivity index (χ4n) is 1.56. The van der Waals surface area contributed by atoms with Crippen molar-refractivity contribution in [3.63, 3.8) is 0 Å². The van der Waals surface area contributed by atoms with E-state index in [9.17, 15) is 5.11 Å². The topological polar surface area (TPSA) is 50.9 Å². The second kappa shape index (κ2) is 3.31. The summed E-state index contributed by atoms with van der Waals surface area (Å²) in [6, 6.07) is 2.04. The third-order valence-corrected chi connectivity index (χ3v) is 2.15. The fraction of sp³-hybridized carbons (Fsp3) is 0.455. The van der Waals surface area contributed by atoms with E-state index >= 15 is 0 Å². The zero-order chi connectivity index (χ0) is 11.1. The first-order chi connectivity index (χ1) is 6.96. The summed E-state index contributed by atoms with van der Waals surface area (Å²) in [5, 5.41) is 14.9. The van der Waals surface area contributed by atoms with Gasteiger partial charge < -0.3 is 5.11 Å². The number of pyridine rings is 1. The quantitative estimate of drug-likeness (QED) is 0.808. The van der Waals surface area contributed by atoms with E-state index in [4.69, 9.17) is 0 Å². The molecule has 0 aromatic carbocycles. The normalized spacial score (nSPS) is 12.3. The fourth-order valence-corrected chi connectivity index (χ4v) is 1.56. The molecule has 0 aliphatic rings. The molecule has 0 radical (unpaired) electrons. The van der Waals surface area contributed by atoms with Gasteiger partial charge in [-0.2, -0.15) is 5.10 Å². The lowest BCUT2D eigenvalue weighted by atomic mass is 10.1. The van der Waals surface area contributed by atoms with Gasteiger partial charge in [0.1, 0.15) is 0 Å². The van der Waals surface area contributed by atoms with Crippen LogP contribution in [0.2, 0.25) is 0 Å². The molecule has 2 aromatic rings. The predicted octanol–water partition coefficient (Wildman–Crippen LogP) is 1.51. The Labute approximate surface area is 88.6 Å². The van der Waals surface area contributed by atoms with Crippen LogP contribution in [-0.4, -0.2) is 25.5 Å². The number of aryl methyl sites for hydroxylation is 1. The van der Waals surface area contributed by atoms with E-state index in [-0.39, 0.29) is 0 Å². The van der Waals surface area contributed by atoms with Crippen molar-refractivity contribution in [2.75, 3.05) is 0 Å². The zero-order valence-electron chi connectivity index (χ0n) is 9.23. The van der Waals surface area contributed by atoms with Crippen LogP contribution in [0.4, 0.5) is 0 Å². The summed E-state index contributed by atoms with van der Waals surface area (Å²) >= 11 is 0. The van der Waals surface area contributed by atoms with Crippen LogP contribution in [0, 0.1) is 6.92 Å². The van der Waals surface area contributed by atoms with Crippen LogP contribution >= 0.6 is 0 Å². The molecule has 1 N–H and O–H groups in total. The van der Waals surface area contributed by atoms with E-state index in [1.807, 2.05) is 19.2 Å². The van der Waals surface area contributed by atoms with Crippen LogP contribution in [-0.2, 0) is 6.54 Å². The van der Waals surface area contributed by atoms with Crippen molar-refractivity contribution in [1.29, 1.82) is 0 Å². The molecule has 2 heterocycles. The molecule has 4 heteroatoms. The van der Waals surface area contributed by atoms with Crippen molar-refractivity contribution >= 4 is 11.0 Å². The van der Waals surface area contributed by atoms with Crippen LogP contribution < -0.4 is 0 Å². The van der Waals surface area contributed by atoms with Crippen LogP contribution in [0.3, 0.4) is 0 Å². The lowest BCUT2D eigenvalue weighted by Gasteiger charge is -2.16. The van der Waals surface area contributed by atoms with E-state index in [1.165, 1.54) is 0 Å². The highest BCUT2D eigenvalue weighted by molar-refractivity contribution is 5.74. The molecule has 0 aliphatic heterocycles. The Balaban J connectivity index is 2.45. The van der Waals surface area contributed by atoms with Crippen molar-refractivity contribution in [2.45, 2.75) is 32.9 Å². The SMILES string of the molecule is Cc1cnc2c(cnn2CC(C)(C)O)c1. The number of nitrogens with zero attached hydrogens (tertiary/aromatic N) is 3. The van der Waals surface area contributed by atoms with Crippen molar-refractivity contribution in [3.05, 3.63) is 24.0 Å². The summed E-state index contributed by atoms with van der Waals surface area (Å²) in [6.45, 7) is 5.97. The summed E-state index contributed by atoms with van der Waals surface area (Å²) < 4.78 is 1.73. The first-order valence-corrected chi connectivity index (χ1v) is 4.96. The minimum absolute atomic E-state index is 0.451. The third-order valence-electron chi connectivity index (χ3n) is 2.15. The van der Waals surface area contributed by atoms with Gasteiger partial charge in [0, 0.05) is 11.6 Å². The zero-order valence-corrected chi connectivity index (χ0v) is 9.23. The molecule has 2 aromatic heterocycles. The minimum atomic E-state index is -0.772. The van der Waals surface area contributed by atoms with Gasteiger partial charge in [0.15, 0.2) is 5.65 Å². The van der Waals surface area contributed by atoms with Gasteiger partial charge >= 0.3 is 0 Å². The maximum Gasteiger partial charge on any atom is 0.157 e. The van der Waals surface area contributed by atoms with Gasteiger partial charge in [-0.3, -0.25) is 0 Å². The number of rotatable bonds is 2. The molecule has 80 valence electrons. The third kappa shape index (κ3) is 2.15. The van der Waals surface area contributed by atoms with Gasteiger partial charge in [0.25, 0.3) is 0 Å². The van der Waals surface area contributed by atoms with Crippen LogP contribution in [0.1, 0.15) is 19.4 Å². The highest BCUT2D eigenvalue weighted by Crippen LogP contribution is 2.14. The van der Waals surface area contributed by atoms with Crippen LogP contribution in [0.25, 0.3) is 11.0 Å². The molecule has 0 saturated carbocycles. The Kier molecular flexibility index (Phi) is 2.23. The summed E-state index contributed by atoms with van der Waals surface area (Å²) in [6.07, 6.45) is 3.59. The van der Waals surface area contributed by atoms with Gasteiger partial charge in [0.2, 0.25) is 0 Å². The Bertz CT molecular complexity index is 482. The van der Waals surface area contributed by atoms with E-state index in [2.05, 4.69) is 10.1 Å². The molecule has 0 aliphatic carbocycles. The number of hydrogen-bond donors (Lipinski definition) is 1. The monoisotopic (exact) mass is 205 g/mol. The summed E-state index contributed by atoms with van der Waals surface area (Å²) in [5.74, 6) is 0. The number of fused-ring (bicyclic) bond motifs is 1. The number of hydrogen-bond acceptors (Lipinski definition) is 3. The van der Waals surface area contributed by atoms with E-state index in [0.29, 0.717) is 6.54 Å². The molecule has 0 atom stereocenters. The van der Waals surface area contributed by atoms with Gasteiger partial charge in [-0.1, -0.05) is 0 Å². The summed E-state index contributed by atoms with van der Waals surface area (Å²) in [4.78, 5) is 4.31.